The van der Waals surface area contributed by atoms with Crippen molar-refractivity contribution < 1.29 is 28.9 Å². The topological polar surface area (TPSA) is 98.2 Å². The van der Waals surface area contributed by atoms with Crippen LogP contribution in [0.4, 0.5) is 0 Å². The third-order valence-electron chi connectivity index (χ3n) is 7.37. The number of fused-ring (bicyclic) bond motifs is 1. The number of rotatable bonds is 11. The molecule has 3 heterocycles. The molecular weight excluding hydrogens is 520 g/mol. The number of amides is 1. The number of benzene rings is 2. The first-order valence-electron chi connectivity index (χ1n) is 14.3. The van der Waals surface area contributed by atoms with E-state index in [9.17, 15) is 14.7 Å². The number of pyridine rings is 1. The molecule has 0 saturated carbocycles. The van der Waals surface area contributed by atoms with Gasteiger partial charge in [-0.05, 0) is 73.4 Å². The van der Waals surface area contributed by atoms with Crippen LogP contribution in [-0.4, -0.2) is 46.0 Å². The molecular formula is C33H36N2O6. The molecule has 214 valence electrons. The van der Waals surface area contributed by atoms with Gasteiger partial charge in [0, 0.05) is 30.9 Å². The maximum absolute atomic E-state index is 13.6. The van der Waals surface area contributed by atoms with Gasteiger partial charge in [-0.1, -0.05) is 31.9 Å². The molecule has 0 spiro atoms. The average molecular weight is 557 g/mol. The van der Waals surface area contributed by atoms with Gasteiger partial charge in [-0.2, -0.15) is 0 Å². The van der Waals surface area contributed by atoms with Gasteiger partial charge in [0.15, 0.2) is 11.5 Å². The summed E-state index contributed by atoms with van der Waals surface area (Å²) in [6.07, 6.45) is 7.14. The zero-order valence-electron chi connectivity index (χ0n) is 23.8. The van der Waals surface area contributed by atoms with Crippen molar-refractivity contribution in [3.05, 3.63) is 88.8 Å². The van der Waals surface area contributed by atoms with Gasteiger partial charge in [0.05, 0.1) is 24.8 Å². The van der Waals surface area contributed by atoms with Gasteiger partial charge in [-0.25, -0.2) is 0 Å². The number of aromatic nitrogens is 1. The monoisotopic (exact) mass is 556 g/mol. The minimum atomic E-state index is -0.841. The molecule has 1 fully saturated rings. The molecule has 8 nitrogen and oxygen atoms in total. The predicted octanol–water partition coefficient (Wildman–Crippen LogP) is 5.99. The van der Waals surface area contributed by atoms with E-state index in [0.29, 0.717) is 42.3 Å². The quantitative estimate of drug-likeness (QED) is 0.134. The number of carbonyl (C=O) groups is 2. The van der Waals surface area contributed by atoms with Crippen LogP contribution in [0, 0.1) is 0 Å². The van der Waals surface area contributed by atoms with Crippen LogP contribution in [0.2, 0.25) is 0 Å². The number of ketones is 1. The van der Waals surface area contributed by atoms with Crippen molar-refractivity contribution in [2.45, 2.75) is 65.1 Å². The Morgan fingerprint density at radius 3 is 2.68 bits per heavy atom. The predicted molar refractivity (Wildman–Crippen MR) is 155 cm³/mol. The first-order valence-corrected chi connectivity index (χ1v) is 14.3. The summed E-state index contributed by atoms with van der Waals surface area (Å²) in [6, 6.07) is 13.6. The summed E-state index contributed by atoms with van der Waals surface area (Å²) in [5, 5.41) is 11.6. The second-order valence-electron chi connectivity index (χ2n) is 10.4. The number of nitrogens with zero attached hydrogens (tertiary/aromatic N) is 2. The normalized spacial score (nSPS) is 19.2. The summed E-state index contributed by atoms with van der Waals surface area (Å²) in [5.41, 5.74) is 2.85. The lowest BCUT2D eigenvalue weighted by Gasteiger charge is -2.26. The van der Waals surface area contributed by atoms with Crippen molar-refractivity contribution in [1.82, 2.24) is 9.88 Å². The van der Waals surface area contributed by atoms with E-state index in [2.05, 4.69) is 11.9 Å². The highest BCUT2D eigenvalue weighted by molar-refractivity contribution is 6.46. The Hall–Kier alpha value is -4.33. The van der Waals surface area contributed by atoms with Crippen molar-refractivity contribution in [3.63, 3.8) is 0 Å². The number of ether oxygens (including phenoxy) is 3. The smallest absolute Gasteiger partial charge is 0.295 e. The molecule has 0 aliphatic carbocycles. The van der Waals surface area contributed by atoms with Crippen molar-refractivity contribution >= 4 is 17.4 Å². The number of Topliss-reactive ketones (excluding diaryl/α,β-unsaturated/α-hetero) is 1. The molecule has 8 heteroatoms. The van der Waals surface area contributed by atoms with Gasteiger partial charge in [-0.15, -0.1) is 0 Å². The zero-order valence-corrected chi connectivity index (χ0v) is 23.8. The molecule has 1 amide bonds. The molecule has 2 aromatic carbocycles. The lowest BCUT2D eigenvalue weighted by atomic mass is 9.94. The van der Waals surface area contributed by atoms with E-state index in [0.717, 1.165) is 36.1 Å². The van der Waals surface area contributed by atoms with E-state index in [4.69, 9.17) is 14.2 Å². The Balaban J connectivity index is 1.59. The Morgan fingerprint density at radius 2 is 1.93 bits per heavy atom. The number of unbranched alkanes of at least 4 members (excludes halogenated alkanes) is 2. The Labute approximate surface area is 240 Å². The summed E-state index contributed by atoms with van der Waals surface area (Å²) in [4.78, 5) is 32.7. The van der Waals surface area contributed by atoms with Gasteiger partial charge < -0.3 is 24.2 Å². The second-order valence-corrected chi connectivity index (χ2v) is 10.4. The van der Waals surface area contributed by atoms with Gasteiger partial charge in [-0.3, -0.25) is 14.6 Å². The summed E-state index contributed by atoms with van der Waals surface area (Å²) in [6.45, 7) is 7.14. The van der Waals surface area contributed by atoms with Crippen molar-refractivity contribution in [1.29, 1.82) is 0 Å². The summed E-state index contributed by atoms with van der Waals surface area (Å²) >= 11 is 0. The number of likely N-dealkylation sites (tertiary alicyclic amines) is 1. The van der Waals surface area contributed by atoms with Gasteiger partial charge in [0.1, 0.15) is 17.6 Å². The number of aliphatic hydroxyl groups excluding tert-OH is 1. The zero-order chi connectivity index (χ0) is 28.9. The molecule has 0 unspecified atom stereocenters. The maximum atomic E-state index is 13.6. The lowest BCUT2D eigenvalue weighted by molar-refractivity contribution is -0.140. The fourth-order valence-electron chi connectivity index (χ4n) is 5.42. The van der Waals surface area contributed by atoms with E-state index in [1.165, 1.54) is 4.90 Å². The molecule has 3 aromatic rings. The Morgan fingerprint density at radius 1 is 1.07 bits per heavy atom. The van der Waals surface area contributed by atoms with Crippen LogP contribution >= 0.6 is 0 Å². The SMILES string of the molecule is CCCCCOc1ccc([C@H]2C(=C(O)c3ccc4c(c3)C[C@@H](C)O4)C(=O)C(=O)N2Cc2cccnc2)cc1OCC. The van der Waals surface area contributed by atoms with Gasteiger partial charge >= 0.3 is 0 Å². The van der Waals surface area contributed by atoms with Crippen LogP contribution in [0.25, 0.3) is 5.76 Å². The fourth-order valence-corrected chi connectivity index (χ4v) is 5.42. The molecule has 2 aliphatic rings. The first kappa shape index (κ1) is 28.2. The van der Waals surface area contributed by atoms with Crippen molar-refractivity contribution in [3.8, 4) is 17.2 Å². The van der Waals surface area contributed by atoms with E-state index in [1.54, 1.807) is 36.7 Å². The molecule has 0 bridgehead atoms. The number of aliphatic hydroxyl groups is 1. The molecule has 2 atom stereocenters. The van der Waals surface area contributed by atoms with Crippen LogP contribution in [0.5, 0.6) is 17.2 Å². The van der Waals surface area contributed by atoms with E-state index in [1.807, 2.05) is 38.1 Å². The van der Waals surface area contributed by atoms with Crippen molar-refractivity contribution in [2.24, 2.45) is 0 Å². The second kappa shape index (κ2) is 12.5. The molecule has 2 aliphatic heterocycles. The minimum absolute atomic E-state index is 0.0323. The lowest BCUT2D eigenvalue weighted by Crippen LogP contribution is -2.29. The summed E-state index contributed by atoms with van der Waals surface area (Å²) < 4.78 is 17.8. The number of carbonyl (C=O) groups excluding carboxylic acids is 2. The van der Waals surface area contributed by atoms with Gasteiger partial charge in [0.25, 0.3) is 11.7 Å². The van der Waals surface area contributed by atoms with Gasteiger partial charge in [0.2, 0.25) is 0 Å². The number of hydrogen-bond acceptors (Lipinski definition) is 7. The molecule has 0 radical (unpaired) electrons. The van der Waals surface area contributed by atoms with Crippen LogP contribution in [0.15, 0.2) is 66.5 Å². The average Bonchev–Trinajstić information content (AvgIpc) is 3.47. The fraction of sp³-hybridized carbons (Fsp3) is 0.364. The van der Waals surface area contributed by atoms with E-state index in [-0.39, 0.29) is 24.0 Å². The van der Waals surface area contributed by atoms with Crippen molar-refractivity contribution in [2.75, 3.05) is 13.2 Å². The van der Waals surface area contributed by atoms with Crippen LogP contribution in [-0.2, 0) is 22.6 Å². The highest BCUT2D eigenvalue weighted by Gasteiger charge is 2.46. The van der Waals surface area contributed by atoms with E-state index >= 15 is 0 Å². The standard InChI is InChI=1S/C33H36N2O6/c1-4-6-7-15-40-27-13-10-23(18-28(27)39-5-2)30-29(31(36)24-11-12-26-25(17-24)16-21(3)41-26)32(37)33(38)35(30)20-22-9-8-14-34-19-22/h8-14,17-19,21,30,36H,4-7,15-16,20H2,1-3H3/t21-,30+/m1/s1. The highest BCUT2D eigenvalue weighted by atomic mass is 16.5. The largest absolute Gasteiger partial charge is 0.507 e. The van der Waals surface area contributed by atoms with Crippen LogP contribution in [0.3, 0.4) is 0 Å². The number of hydrogen-bond donors (Lipinski definition) is 1. The van der Waals surface area contributed by atoms with E-state index < -0.39 is 17.7 Å². The molecule has 5 rings (SSSR count). The Kier molecular flexibility index (Phi) is 8.57. The summed E-state index contributed by atoms with van der Waals surface area (Å²) in [7, 11) is 0. The third-order valence-corrected chi connectivity index (χ3v) is 7.37. The highest BCUT2D eigenvalue weighted by Crippen LogP contribution is 2.43. The van der Waals surface area contributed by atoms with Crippen LogP contribution in [0.1, 0.15) is 68.3 Å². The third kappa shape index (κ3) is 5.92. The van der Waals surface area contributed by atoms with Crippen LogP contribution < -0.4 is 14.2 Å². The molecule has 41 heavy (non-hydrogen) atoms. The molecule has 1 saturated heterocycles. The maximum Gasteiger partial charge on any atom is 0.295 e. The minimum Gasteiger partial charge on any atom is -0.507 e. The molecule has 1 aromatic heterocycles. The first-order chi connectivity index (χ1) is 19.9. The summed E-state index contributed by atoms with van der Waals surface area (Å²) in [5.74, 6) is 0.247. The molecule has 1 N–H and O–H groups in total. The Bertz CT molecular complexity index is 1450.